The fourth-order valence-electron chi connectivity index (χ4n) is 3.18. The highest BCUT2D eigenvalue weighted by atomic mass is 16.2. The zero-order chi connectivity index (χ0) is 14.8. The first-order valence-corrected chi connectivity index (χ1v) is 7.64. The van der Waals surface area contributed by atoms with Crippen molar-refractivity contribution >= 4 is 16.8 Å². The largest absolute Gasteiger partial charge is 0.361 e. The van der Waals surface area contributed by atoms with Crippen molar-refractivity contribution in [1.29, 1.82) is 0 Å². The molecule has 1 aliphatic heterocycles. The molecule has 2 heterocycles. The summed E-state index contributed by atoms with van der Waals surface area (Å²) in [7, 11) is 4.24. The number of nitrogens with one attached hydrogen (secondary N) is 1. The van der Waals surface area contributed by atoms with Crippen LogP contribution in [0.3, 0.4) is 0 Å². The lowest BCUT2D eigenvalue weighted by atomic mass is 10.0. The molecule has 0 bridgehead atoms. The molecule has 0 unspecified atom stereocenters. The zero-order valence-electron chi connectivity index (χ0n) is 12.8. The molecular weight excluding hydrogens is 262 g/mol. The Morgan fingerprint density at radius 1 is 1.29 bits per heavy atom. The van der Waals surface area contributed by atoms with Crippen LogP contribution in [0.25, 0.3) is 10.9 Å². The van der Waals surface area contributed by atoms with Gasteiger partial charge in [-0.15, -0.1) is 0 Å². The second-order valence-corrected chi connectivity index (χ2v) is 6.11. The smallest absolute Gasteiger partial charge is 0.227 e. The number of carbonyl (C=O) groups excluding carboxylic acids is 1. The summed E-state index contributed by atoms with van der Waals surface area (Å²) in [4.78, 5) is 20.0. The number of likely N-dealkylation sites (tertiary alicyclic amines) is 1. The fourth-order valence-corrected chi connectivity index (χ4v) is 3.18. The molecule has 1 fully saturated rings. The molecule has 3 rings (SSSR count). The van der Waals surface area contributed by atoms with E-state index in [9.17, 15) is 4.79 Å². The van der Waals surface area contributed by atoms with Crippen LogP contribution in [0.1, 0.15) is 18.4 Å². The van der Waals surface area contributed by atoms with Crippen LogP contribution in [0, 0.1) is 0 Å². The van der Waals surface area contributed by atoms with Crippen molar-refractivity contribution in [3.8, 4) is 0 Å². The van der Waals surface area contributed by atoms with Crippen LogP contribution in [-0.2, 0) is 11.2 Å². The molecule has 0 spiro atoms. The molecule has 1 saturated heterocycles. The summed E-state index contributed by atoms with van der Waals surface area (Å²) >= 11 is 0. The number of amides is 1. The molecule has 1 aromatic carbocycles. The Morgan fingerprint density at radius 2 is 2.00 bits per heavy atom. The van der Waals surface area contributed by atoms with Crippen molar-refractivity contribution < 1.29 is 4.79 Å². The highest BCUT2D eigenvalue weighted by molar-refractivity contribution is 5.88. The Hall–Kier alpha value is -1.81. The molecule has 4 heteroatoms. The van der Waals surface area contributed by atoms with Crippen molar-refractivity contribution in [2.24, 2.45) is 0 Å². The van der Waals surface area contributed by atoms with E-state index >= 15 is 0 Å². The highest BCUT2D eigenvalue weighted by Crippen LogP contribution is 2.20. The van der Waals surface area contributed by atoms with Gasteiger partial charge in [-0.05, 0) is 38.6 Å². The molecular formula is C17H23N3O. The van der Waals surface area contributed by atoms with Gasteiger partial charge in [0.25, 0.3) is 0 Å². The lowest BCUT2D eigenvalue weighted by molar-refractivity contribution is -0.131. The van der Waals surface area contributed by atoms with Crippen LogP contribution < -0.4 is 0 Å². The third kappa shape index (κ3) is 2.95. The van der Waals surface area contributed by atoms with Gasteiger partial charge in [0.05, 0.1) is 6.42 Å². The van der Waals surface area contributed by atoms with Crippen LogP contribution in [0.5, 0.6) is 0 Å². The lowest BCUT2D eigenvalue weighted by Gasteiger charge is -2.35. The summed E-state index contributed by atoms with van der Waals surface area (Å²) in [5.74, 6) is 0.247. The number of nitrogens with zero attached hydrogens (tertiary/aromatic N) is 2. The van der Waals surface area contributed by atoms with Gasteiger partial charge in [-0.2, -0.15) is 0 Å². The monoisotopic (exact) mass is 285 g/mol. The molecule has 1 aromatic heterocycles. The van der Waals surface area contributed by atoms with E-state index in [-0.39, 0.29) is 5.91 Å². The van der Waals surface area contributed by atoms with Crippen molar-refractivity contribution in [2.75, 3.05) is 27.2 Å². The Labute approximate surface area is 125 Å². The molecule has 112 valence electrons. The van der Waals surface area contributed by atoms with Crippen molar-refractivity contribution in [3.05, 3.63) is 36.0 Å². The number of aromatic amines is 1. The number of aromatic nitrogens is 1. The first kappa shape index (κ1) is 14.1. The molecule has 1 N–H and O–H groups in total. The second-order valence-electron chi connectivity index (χ2n) is 6.11. The first-order valence-electron chi connectivity index (χ1n) is 7.64. The predicted octanol–water partition coefficient (Wildman–Crippen LogP) is 2.26. The number of para-hydroxylation sites is 1. The molecule has 0 atom stereocenters. The first-order chi connectivity index (χ1) is 10.1. The summed E-state index contributed by atoms with van der Waals surface area (Å²) in [6.07, 6.45) is 4.62. The molecule has 21 heavy (non-hydrogen) atoms. The van der Waals surface area contributed by atoms with E-state index in [1.54, 1.807) is 0 Å². The lowest BCUT2D eigenvalue weighted by Crippen LogP contribution is -2.44. The van der Waals surface area contributed by atoms with Gasteiger partial charge in [-0.3, -0.25) is 4.79 Å². The topological polar surface area (TPSA) is 39.3 Å². The Morgan fingerprint density at radius 3 is 2.71 bits per heavy atom. The minimum absolute atomic E-state index is 0.247. The van der Waals surface area contributed by atoms with E-state index in [1.165, 1.54) is 0 Å². The van der Waals surface area contributed by atoms with E-state index in [0.717, 1.165) is 42.4 Å². The number of H-pyrrole nitrogens is 1. The second kappa shape index (κ2) is 5.90. The number of benzene rings is 1. The van der Waals surface area contributed by atoms with Crippen LogP contribution in [-0.4, -0.2) is 53.9 Å². The number of fused-ring (bicyclic) bond motifs is 1. The maximum atomic E-state index is 12.5. The predicted molar refractivity (Wildman–Crippen MR) is 85.3 cm³/mol. The molecule has 1 aliphatic rings. The summed E-state index contributed by atoms with van der Waals surface area (Å²) < 4.78 is 0. The number of rotatable bonds is 3. The summed E-state index contributed by atoms with van der Waals surface area (Å²) in [6, 6.07) is 8.77. The number of hydrogen-bond donors (Lipinski definition) is 1. The van der Waals surface area contributed by atoms with Gasteiger partial charge in [0, 0.05) is 36.2 Å². The van der Waals surface area contributed by atoms with Crippen LogP contribution in [0.15, 0.2) is 30.5 Å². The summed E-state index contributed by atoms with van der Waals surface area (Å²) in [5, 5.41) is 1.16. The number of piperidine rings is 1. The minimum Gasteiger partial charge on any atom is -0.361 e. The fraction of sp³-hybridized carbons (Fsp3) is 0.471. The highest BCUT2D eigenvalue weighted by Gasteiger charge is 2.24. The van der Waals surface area contributed by atoms with Crippen LogP contribution in [0.2, 0.25) is 0 Å². The normalized spacial score (nSPS) is 16.8. The molecule has 0 aliphatic carbocycles. The van der Waals surface area contributed by atoms with Gasteiger partial charge in [0.2, 0.25) is 5.91 Å². The zero-order valence-corrected chi connectivity index (χ0v) is 12.8. The van der Waals surface area contributed by atoms with E-state index in [2.05, 4.69) is 30.0 Å². The third-order valence-corrected chi connectivity index (χ3v) is 4.56. The molecule has 1 amide bonds. The standard InChI is InChI=1S/C17H23N3O/c1-19(2)14-7-9-20(10-8-14)17(21)11-13-12-18-16-6-4-3-5-15(13)16/h3-6,12,14,18H,7-11H2,1-2H3. The summed E-state index contributed by atoms with van der Waals surface area (Å²) in [5.41, 5.74) is 2.21. The molecule has 0 saturated carbocycles. The van der Waals surface area contributed by atoms with Gasteiger partial charge in [-0.1, -0.05) is 18.2 Å². The average molecular weight is 285 g/mol. The van der Waals surface area contributed by atoms with Crippen LogP contribution in [0.4, 0.5) is 0 Å². The van der Waals surface area contributed by atoms with E-state index in [4.69, 9.17) is 0 Å². The average Bonchev–Trinajstić information content (AvgIpc) is 2.91. The van der Waals surface area contributed by atoms with Crippen molar-refractivity contribution in [2.45, 2.75) is 25.3 Å². The maximum absolute atomic E-state index is 12.5. The van der Waals surface area contributed by atoms with Gasteiger partial charge in [0.1, 0.15) is 0 Å². The third-order valence-electron chi connectivity index (χ3n) is 4.56. The van der Waals surface area contributed by atoms with Crippen molar-refractivity contribution in [3.63, 3.8) is 0 Å². The summed E-state index contributed by atoms with van der Waals surface area (Å²) in [6.45, 7) is 1.76. The van der Waals surface area contributed by atoms with Gasteiger partial charge < -0.3 is 14.8 Å². The molecule has 2 aromatic rings. The Balaban J connectivity index is 1.65. The number of carbonyl (C=O) groups is 1. The Bertz CT molecular complexity index is 624. The number of hydrogen-bond acceptors (Lipinski definition) is 2. The van der Waals surface area contributed by atoms with E-state index < -0.39 is 0 Å². The van der Waals surface area contributed by atoms with Crippen LogP contribution >= 0.6 is 0 Å². The minimum atomic E-state index is 0.247. The SMILES string of the molecule is CN(C)C1CCN(C(=O)Cc2c[nH]c3ccccc23)CC1. The van der Waals surface area contributed by atoms with E-state index in [0.29, 0.717) is 12.5 Å². The van der Waals surface area contributed by atoms with E-state index in [1.807, 2.05) is 29.3 Å². The van der Waals surface area contributed by atoms with Gasteiger partial charge in [-0.25, -0.2) is 0 Å². The molecule has 0 radical (unpaired) electrons. The van der Waals surface area contributed by atoms with Gasteiger partial charge in [0.15, 0.2) is 0 Å². The quantitative estimate of drug-likeness (QED) is 0.939. The Kier molecular flexibility index (Phi) is 3.97. The van der Waals surface area contributed by atoms with Crippen molar-refractivity contribution in [1.82, 2.24) is 14.8 Å². The molecule has 4 nitrogen and oxygen atoms in total. The van der Waals surface area contributed by atoms with Gasteiger partial charge >= 0.3 is 0 Å². The maximum Gasteiger partial charge on any atom is 0.227 e.